The summed E-state index contributed by atoms with van der Waals surface area (Å²) in [7, 11) is 0. The number of hydrogen-bond acceptors (Lipinski definition) is 5. The predicted octanol–water partition coefficient (Wildman–Crippen LogP) is 3.05. The van der Waals surface area contributed by atoms with Crippen LogP contribution in [0.1, 0.15) is 50.4 Å². The highest BCUT2D eigenvalue weighted by molar-refractivity contribution is 5.34. The number of para-hydroxylation sites is 1. The van der Waals surface area contributed by atoms with Gasteiger partial charge >= 0.3 is 0 Å². The molecule has 0 radical (unpaired) electrons. The highest BCUT2D eigenvalue weighted by Crippen LogP contribution is 2.21. The van der Waals surface area contributed by atoms with Crippen molar-refractivity contribution in [1.29, 1.82) is 0 Å². The quantitative estimate of drug-likeness (QED) is 0.848. The minimum atomic E-state index is 0.146. The number of rotatable bonds is 7. The van der Waals surface area contributed by atoms with Crippen LogP contribution >= 0.6 is 0 Å². The summed E-state index contributed by atoms with van der Waals surface area (Å²) >= 11 is 0. The van der Waals surface area contributed by atoms with Crippen LogP contribution in [0.25, 0.3) is 0 Å². The monoisotopic (exact) mass is 289 g/mol. The third kappa shape index (κ3) is 4.29. The van der Waals surface area contributed by atoms with Crippen molar-refractivity contribution >= 4 is 0 Å². The summed E-state index contributed by atoms with van der Waals surface area (Å²) in [5.74, 6) is 2.25. The van der Waals surface area contributed by atoms with Gasteiger partial charge in [0.1, 0.15) is 5.75 Å². The Bertz CT molecular complexity index is 566. The lowest BCUT2D eigenvalue weighted by Crippen LogP contribution is -2.21. The van der Waals surface area contributed by atoms with E-state index in [4.69, 9.17) is 15.0 Å². The second kappa shape index (κ2) is 7.22. The van der Waals surface area contributed by atoms with E-state index in [-0.39, 0.29) is 12.0 Å². The Morgan fingerprint density at radius 2 is 2.05 bits per heavy atom. The number of benzene rings is 1. The molecule has 2 rings (SSSR count). The Labute approximate surface area is 125 Å². The van der Waals surface area contributed by atoms with Crippen molar-refractivity contribution in [3.8, 4) is 5.75 Å². The van der Waals surface area contributed by atoms with Crippen LogP contribution in [-0.4, -0.2) is 16.2 Å². The maximum atomic E-state index is 6.02. The maximum Gasteiger partial charge on any atom is 0.229 e. The lowest BCUT2D eigenvalue weighted by atomic mass is 10.0. The van der Waals surface area contributed by atoms with E-state index in [9.17, 15) is 0 Å². The maximum absolute atomic E-state index is 6.02. The van der Waals surface area contributed by atoms with Crippen LogP contribution in [0.3, 0.4) is 0 Å². The molecule has 0 fully saturated rings. The number of aromatic nitrogens is 2. The minimum absolute atomic E-state index is 0.146. The van der Waals surface area contributed by atoms with Gasteiger partial charge in [0.15, 0.2) is 6.61 Å². The number of nitrogens with two attached hydrogens (primary N) is 1. The minimum Gasteiger partial charge on any atom is -0.485 e. The summed E-state index contributed by atoms with van der Waals surface area (Å²) < 4.78 is 11.0. The highest BCUT2D eigenvalue weighted by Gasteiger charge is 2.12. The molecule has 1 aromatic heterocycles. The van der Waals surface area contributed by atoms with Crippen molar-refractivity contribution in [3.05, 3.63) is 41.5 Å². The molecule has 0 aliphatic heterocycles. The third-order valence-corrected chi connectivity index (χ3v) is 3.31. The zero-order valence-electron chi connectivity index (χ0n) is 12.9. The summed E-state index contributed by atoms with van der Waals surface area (Å²) in [5.41, 5.74) is 7.13. The molecule has 1 atom stereocenters. The summed E-state index contributed by atoms with van der Waals surface area (Å²) in [6, 6.07) is 8.08. The molecule has 2 aromatic rings. The zero-order chi connectivity index (χ0) is 15.2. The molecule has 5 heteroatoms. The first kappa shape index (κ1) is 15.5. The van der Waals surface area contributed by atoms with Crippen molar-refractivity contribution in [1.82, 2.24) is 10.1 Å². The van der Waals surface area contributed by atoms with E-state index in [1.54, 1.807) is 0 Å². The van der Waals surface area contributed by atoms with Crippen molar-refractivity contribution in [2.45, 2.75) is 52.2 Å². The molecule has 1 unspecified atom stereocenters. The molecule has 0 spiro atoms. The van der Waals surface area contributed by atoms with Crippen molar-refractivity contribution in [3.63, 3.8) is 0 Å². The van der Waals surface area contributed by atoms with Crippen LogP contribution in [0.2, 0.25) is 0 Å². The molecular formula is C16H23N3O2. The third-order valence-electron chi connectivity index (χ3n) is 3.31. The first-order valence-electron chi connectivity index (χ1n) is 7.39. The van der Waals surface area contributed by atoms with Crippen LogP contribution in [0.4, 0.5) is 0 Å². The summed E-state index contributed by atoms with van der Waals surface area (Å²) in [6.45, 7) is 6.41. The first-order valence-corrected chi connectivity index (χ1v) is 7.39. The molecule has 1 aromatic carbocycles. The smallest absolute Gasteiger partial charge is 0.229 e. The second-order valence-corrected chi connectivity index (χ2v) is 5.47. The van der Waals surface area contributed by atoms with Gasteiger partial charge < -0.3 is 15.0 Å². The fourth-order valence-electron chi connectivity index (χ4n) is 1.94. The Morgan fingerprint density at radius 1 is 1.29 bits per heavy atom. The van der Waals surface area contributed by atoms with E-state index < -0.39 is 0 Å². The molecule has 2 N–H and O–H groups in total. The molecule has 0 bridgehead atoms. The van der Waals surface area contributed by atoms with E-state index in [1.165, 1.54) is 0 Å². The largest absolute Gasteiger partial charge is 0.485 e. The molecule has 5 nitrogen and oxygen atoms in total. The van der Waals surface area contributed by atoms with E-state index in [0.29, 0.717) is 18.3 Å². The topological polar surface area (TPSA) is 74.2 Å². The highest BCUT2D eigenvalue weighted by atomic mass is 16.5. The van der Waals surface area contributed by atoms with E-state index >= 15 is 0 Å². The SMILES string of the molecule is CCC(N)Cc1ccccc1OCc1noc(C(C)C)n1. The molecular weight excluding hydrogens is 266 g/mol. The van der Waals surface area contributed by atoms with Crippen LogP contribution in [0.15, 0.2) is 28.8 Å². The Kier molecular flexibility index (Phi) is 5.33. The standard InChI is InChI=1S/C16H23N3O2/c1-4-13(17)9-12-7-5-6-8-14(12)20-10-15-18-16(11(2)3)21-19-15/h5-8,11,13H,4,9-10,17H2,1-3H3. The van der Waals surface area contributed by atoms with Crippen molar-refractivity contribution in [2.24, 2.45) is 5.73 Å². The van der Waals surface area contributed by atoms with Gasteiger partial charge in [-0.05, 0) is 24.5 Å². The summed E-state index contributed by atoms with van der Waals surface area (Å²) in [5, 5.41) is 3.92. The van der Waals surface area contributed by atoms with E-state index in [0.717, 1.165) is 24.2 Å². The van der Waals surface area contributed by atoms with Gasteiger partial charge in [-0.15, -0.1) is 0 Å². The average molecular weight is 289 g/mol. The molecule has 21 heavy (non-hydrogen) atoms. The molecule has 0 amide bonds. The second-order valence-electron chi connectivity index (χ2n) is 5.47. The van der Waals surface area contributed by atoms with Gasteiger partial charge in [-0.2, -0.15) is 4.98 Å². The normalized spacial score (nSPS) is 12.6. The van der Waals surface area contributed by atoms with E-state index in [2.05, 4.69) is 17.1 Å². The van der Waals surface area contributed by atoms with Crippen LogP contribution in [0.5, 0.6) is 5.75 Å². The summed E-state index contributed by atoms with van der Waals surface area (Å²) in [6.07, 6.45) is 1.74. The van der Waals surface area contributed by atoms with Crippen LogP contribution in [-0.2, 0) is 13.0 Å². The molecule has 0 saturated carbocycles. The number of hydrogen-bond donors (Lipinski definition) is 1. The Balaban J connectivity index is 2.02. The Hall–Kier alpha value is -1.88. The van der Waals surface area contributed by atoms with Gasteiger partial charge in [0, 0.05) is 12.0 Å². The van der Waals surface area contributed by atoms with Crippen LogP contribution < -0.4 is 10.5 Å². The fraction of sp³-hybridized carbons (Fsp3) is 0.500. The van der Waals surface area contributed by atoms with Gasteiger partial charge in [-0.1, -0.05) is 44.1 Å². The molecule has 114 valence electrons. The number of ether oxygens (including phenoxy) is 1. The number of nitrogens with zero attached hydrogens (tertiary/aromatic N) is 2. The average Bonchev–Trinajstić information content (AvgIpc) is 2.95. The molecule has 1 heterocycles. The van der Waals surface area contributed by atoms with Crippen LogP contribution in [0, 0.1) is 0 Å². The predicted molar refractivity (Wildman–Crippen MR) is 81.1 cm³/mol. The lowest BCUT2D eigenvalue weighted by molar-refractivity contribution is 0.281. The van der Waals surface area contributed by atoms with Gasteiger partial charge in [-0.3, -0.25) is 0 Å². The molecule has 0 aliphatic rings. The fourth-order valence-corrected chi connectivity index (χ4v) is 1.94. The molecule has 0 aliphatic carbocycles. The molecule has 0 saturated heterocycles. The van der Waals surface area contributed by atoms with Crippen molar-refractivity contribution < 1.29 is 9.26 Å². The lowest BCUT2D eigenvalue weighted by Gasteiger charge is -2.13. The Morgan fingerprint density at radius 3 is 2.71 bits per heavy atom. The van der Waals surface area contributed by atoms with Crippen molar-refractivity contribution in [2.75, 3.05) is 0 Å². The first-order chi connectivity index (χ1) is 10.1. The van der Waals surface area contributed by atoms with E-state index in [1.807, 2.05) is 38.1 Å². The van der Waals surface area contributed by atoms with Gasteiger partial charge in [0.05, 0.1) is 0 Å². The van der Waals surface area contributed by atoms with Gasteiger partial charge in [0.2, 0.25) is 11.7 Å². The van der Waals surface area contributed by atoms with Gasteiger partial charge in [-0.25, -0.2) is 0 Å². The van der Waals surface area contributed by atoms with Gasteiger partial charge in [0.25, 0.3) is 0 Å². The zero-order valence-corrected chi connectivity index (χ0v) is 12.9. The summed E-state index contributed by atoms with van der Waals surface area (Å²) in [4.78, 5) is 4.30.